The quantitative estimate of drug-likeness (QED) is 0.588. The summed E-state index contributed by atoms with van der Waals surface area (Å²) < 4.78 is 26.6. The van der Waals surface area contributed by atoms with Crippen LogP contribution >= 0.6 is 0 Å². The minimum absolute atomic E-state index is 0.513. The molecule has 0 unspecified atom stereocenters. The second-order valence-corrected chi connectivity index (χ2v) is 5.01. The molecule has 0 atom stereocenters. The van der Waals surface area contributed by atoms with Gasteiger partial charge < -0.3 is 0 Å². The van der Waals surface area contributed by atoms with Gasteiger partial charge in [0.2, 0.25) is 0 Å². The van der Waals surface area contributed by atoms with Crippen molar-refractivity contribution in [3.05, 3.63) is 24.3 Å². The third kappa shape index (κ3) is 1.54. The Morgan fingerprint density at radius 3 is 1.38 bits per heavy atom. The Bertz CT molecular complexity index is 301. The monoisotopic (exact) mass is 200 g/mol. The topological polar surface area (TPSA) is 40.6 Å². The molecule has 0 bridgehead atoms. The van der Waals surface area contributed by atoms with E-state index in [2.05, 4.69) is 0 Å². The third-order valence-electron chi connectivity index (χ3n) is 2.22. The summed E-state index contributed by atoms with van der Waals surface area (Å²) in [5, 5.41) is 0. The first-order valence-electron chi connectivity index (χ1n) is 4.26. The molecule has 0 aromatic rings. The Morgan fingerprint density at radius 1 is 0.769 bits per heavy atom. The summed E-state index contributed by atoms with van der Waals surface area (Å²) in [6, 6.07) is 0. The van der Waals surface area contributed by atoms with Crippen molar-refractivity contribution in [1.29, 1.82) is 0 Å². The van der Waals surface area contributed by atoms with Gasteiger partial charge in [-0.1, -0.05) is 24.3 Å². The molecule has 4 nitrogen and oxygen atoms in total. The van der Waals surface area contributed by atoms with Crippen LogP contribution in [0.5, 0.6) is 0 Å². The number of nitrogens with zero attached hydrogens (tertiary/aromatic N) is 2. The molecule has 0 radical (unpaired) electrons. The highest BCUT2D eigenvalue weighted by Gasteiger charge is 2.29. The summed E-state index contributed by atoms with van der Waals surface area (Å²) in [4.78, 5) is 0. The number of rotatable bonds is 2. The first-order chi connectivity index (χ1) is 6.21. The predicted molar refractivity (Wildman–Crippen MR) is 50.3 cm³/mol. The van der Waals surface area contributed by atoms with Crippen LogP contribution in [0.25, 0.3) is 0 Å². The third-order valence-corrected chi connectivity index (χ3v) is 4.12. The van der Waals surface area contributed by atoms with E-state index in [1.54, 1.807) is 0 Å². The summed E-state index contributed by atoms with van der Waals surface area (Å²) in [7, 11) is -3.20. The highest BCUT2D eigenvalue weighted by Crippen LogP contribution is 2.14. The van der Waals surface area contributed by atoms with Crippen LogP contribution in [-0.4, -0.2) is 43.2 Å². The molecule has 72 valence electrons. The van der Waals surface area contributed by atoms with Crippen molar-refractivity contribution in [2.45, 2.75) is 0 Å². The summed E-state index contributed by atoms with van der Waals surface area (Å²) in [5.74, 6) is 0. The molecule has 2 heterocycles. The van der Waals surface area contributed by atoms with Crippen molar-refractivity contribution in [1.82, 2.24) is 8.61 Å². The van der Waals surface area contributed by atoms with Gasteiger partial charge in [0.15, 0.2) is 0 Å². The molecule has 2 aliphatic heterocycles. The van der Waals surface area contributed by atoms with Crippen molar-refractivity contribution >= 4 is 10.2 Å². The Kier molecular flexibility index (Phi) is 2.23. The van der Waals surface area contributed by atoms with E-state index in [9.17, 15) is 8.42 Å². The second-order valence-electron chi connectivity index (χ2n) is 3.08. The van der Waals surface area contributed by atoms with E-state index < -0.39 is 10.2 Å². The molecule has 13 heavy (non-hydrogen) atoms. The normalized spacial score (nSPS) is 24.6. The molecule has 0 saturated heterocycles. The molecule has 0 spiro atoms. The second kappa shape index (κ2) is 3.25. The average molecular weight is 200 g/mol. The molecular formula is C8H12N2O2S. The molecule has 0 saturated carbocycles. The van der Waals surface area contributed by atoms with Gasteiger partial charge in [0.25, 0.3) is 10.2 Å². The number of hydrogen-bond donors (Lipinski definition) is 0. The first kappa shape index (κ1) is 8.93. The van der Waals surface area contributed by atoms with E-state index in [1.165, 1.54) is 8.61 Å². The molecule has 0 amide bonds. The highest BCUT2D eigenvalue weighted by atomic mass is 32.2. The Labute approximate surface area is 78.3 Å². The van der Waals surface area contributed by atoms with Crippen LogP contribution in [0.3, 0.4) is 0 Å². The van der Waals surface area contributed by atoms with E-state index in [-0.39, 0.29) is 0 Å². The summed E-state index contributed by atoms with van der Waals surface area (Å²) in [5.41, 5.74) is 0. The molecule has 5 heteroatoms. The van der Waals surface area contributed by atoms with E-state index >= 15 is 0 Å². The zero-order valence-corrected chi connectivity index (χ0v) is 8.07. The van der Waals surface area contributed by atoms with Gasteiger partial charge in [0.1, 0.15) is 0 Å². The van der Waals surface area contributed by atoms with Gasteiger partial charge in [-0.25, -0.2) is 0 Å². The molecule has 0 N–H and O–H groups in total. The van der Waals surface area contributed by atoms with Gasteiger partial charge in [-0.2, -0.15) is 17.0 Å². The van der Waals surface area contributed by atoms with E-state index in [0.29, 0.717) is 26.2 Å². The SMILES string of the molecule is O=S(=O)(N1CC=CC1)N1CC=CC1. The first-order valence-corrected chi connectivity index (χ1v) is 5.66. The fraction of sp³-hybridized carbons (Fsp3) is 0.500. The van der Waals surface area contributed by atoms with Crippen LogP contribution < -0.4 is 0 Å². The van der Waals surface area contributed by atoms with Gasteiger partial charge in [0, 0.05) is 26.2 Å². The lowest BCUT2D eigenvalue weighted by Gasteiger charge is -2.22. The minimum atomic E-state index is -3.20. The standard InChI is InChI=1S/C8H12N2O2S/c11-13(12,9-5-1-2-6-9)10-7-3-4-8-10/h1-4H,5-8H2. The summed E-state index contributed by atoms with van der Waals surface area (Å²) in [6.07, 6.45) is 7.50. The Morgan fingerprint density at radius 2 is 1.08 bits per heavy atom. The molecule has 2 aliphatic rings. The predicted octanol–water partition coefficient (Wildman–Crippen LogP) is -0.0252. The smallest absolute Gasteiger partial charge is 0.195 e. The van der Waals surface area contributed by atoms with Crippen molar-refractivity contribution in [2.75, 3.05) is 26.2 Å². The summed E-state index contributed by atoms with van der Waals surface area (Å²) >= 11 is 0. The zero-order valence-electron chi connectivity index (χ0n) is 7.26. The fourth-order valence-electron chi connectivity index (χ4n) is 1.46. The largest absolute Gasteiger partial charge is 0.283 e. The molecular weight excluding hydrogens is 188 g/mol. The number of hydrogen-bond acceptors (Lipinski definition) is 2. The maximum Gasteiger partial charge on any atom is 0.283 e. The van der Waals surface area contributed by atoms with Crippen LogP contribution in [0, 0.1) is 0 Å². The minimum Gasteiger partial charge on any atom is -0.195 e. The van der Waals surface area contributed by atoms with Crippen LogP contribution in [0.4, 0.5) is 0 Å². The maximum absolute atomic E-state index is 11.8. The molecule has 2 rings (SSSR count). The van der Waals surface area contributed by atoms with Crippen molar-refractivity contribution in [2.24, 2.45) is 0 Å². The molecule has 0 aromatic carbocycles. The molecule has 0 aromatic heterocycles. The van der Waals surface area contributed by atoms with Crippen molar-refractivity contribution in [3.8, 4) is 0 Å². The molecule has 0 aliphatic carbocycles. The average Bonchev–Trinajstić information content (AvgIpc) is 2.78. The molecule has 0 fully saturated rings. The zero-order chi connectivity index (χ0) is 9.31. The van der Waals surface area contributed by atoms with Crippen LogP contribution in [0.1, 0.15) is 0 Å². The van der Waals surface area contributed by atoms with Crippen LogP contribution in [0.15, 0.2) is 24.3 Å². The van der Waals surface area contributed by atoms with E-state index in [0.717, 1.165) is 0 Å². The van der Waals surface area contributed by atoms with Crippen LogP contribution in [0.2, 0.25) is 0 Å². The lowest BCUT2D eigenvalue weighted by molar-refractivity contribution is 0.409. The van der Waals surface area contributed by atoms with Crippen LogP contribution in [-0.2, 0) is 10.2 Å². The van der Waals surface area contributed by atoms with Gasteiger partial charge in [-0.05, 0) is 0 Å². The Hall–Kier alpha value is -0.650. The summed E-state index contributed by atoms with van der Waals surface area (Å²) in [6.45, 7) is 2.05. The van der Waals surface area contributed by atoms with E-state index in [1.807, 2.05) is 24.3 Å². The van der Waals surface area contributed by atoms with Gasteiger partial charge in [0.05, 0.1) is 0 Å². The Balaban J connectivity index is 2.11. The highest BCUT2D eigenvalue weighted by molar-refractivity contribution is 7.86. The van der Waals surface area contributed by atoms with Crippen molar-refractivity contribution < 1.29 is 8.42 Å². The van der Waals surface area contributed by atoms with Crippen molar-refractivity contribution in [3.63, 3.8) is 0 Å². The fourth-order valence-corrected chi connectivity index (χ4v) is 2.88. The van der Waals surface area contributed by atoms with Gasteiger partial charge >= 0.3 is 0 Å². The van der Waals surface area contributed by atoms with E-state index in [4.69, 9.17) is 0 Å². The maximum atomic E-state index is 11.8. The van der Waals surface area contributed by atoms with Gasteiger partial charge in [-0.3, -0.25) is 0 Å². The lowest BCUT2D eigenvalue weighted by atomic mass is 10.6. The lowest BCUT2D eigenvalue weighted by Crippen LogP contribution is -2.41. The van der Waals surface area contributed by atoms with Gasteiger partial charge in [-0.15, -0.1) is 0 Å².